The highest BCUT2D eigenvalue weighted by Crippen LogP contribution is 2.23. The third-order valence-electron chi connectivity index (χ3n) is 1.87. The number of anilines is 1. The number of nitrogens with two attached hydrogens (primary N) is 1. The molecule has 2 rings (SSSR count). The first-order valence-electron chi connectivity index (χ1n) is 3.80. The molecule has 1 aliphatic rings. The van der Waals surface area contributed by atoms with Crippen molar-refractivity contribution in [2.45, 2.75) is 6.04 Å². The average Bonchev–Trinajstić information content (AvgIpc) is 2.57. The van der Waals surface area contributed by atoms with Crippen LogP contribution in [0.15, 0.2) is 36.6 Å². The SMILES string of the molecule is Nc1ccccc1C1C=CON1. The van der Waals surface area contributed by atoms with E-state index in [2.05, 4.69) is 5.48 Å². The van der Waals surface area contributed by atoms with Crippen molar-refractivity contribution in [3.8, 4) is 0 Å². The summed E-state index contributed by atoms with van der Waals surface area (Å²) in [5.74, 6) is 0. The molecule has 3 heteroatoms. The minimum absolute atomic E-state index is 0.0891. The predicted octanol–water partition coefficient (Wildman–Crippen LogP) is 1.36. The second-order valence-corrected chi connectivity index (χ2v) is 2.67. The highest BCUT2D eigenvalue weighted by molar-refractivity contribution is 5.49. The first-order valence-corrected chi connectivity index (χ1v) is 3.80. The first-order chi connectivity index (χ1) is 5.88. The molecule has 0 amide bonds. The van der Waals surface area contributed by atoms with Gasteiger partial charge in [0.15, 0.2) is 0 Å². The van der Waals surface area contributed by atoms with Crippen LogP contribution in [0.1, 0.15) is 11.6 Å². The zero-order valence-corrected chi connectivity index (χ0v) is 6.53. The van der Waals surface area contributed by atoms with Crippen molar-refractivity contribution in [3.63, 3.8) is 0 Å². The Morgan fingerprint density at radius 1 is 1.33 bits per heavy atom. The fourth-order valence-corrected chi connectivity index (χ4v) is 1.23. The Morgan fingerprint density at radius 3 is 2.83 bits per heavy atom. The number of hydrogen-bond acceptors (Lipinski definition) is 3. The van der Waals surface area contributed by atoms with E-state index >= 15 is 0 Å². The summed E-state index contributed by atoms with van der Waals surface area (Å²) in [4.78, 5) is 4.88. The van der Waals surface area contributed by atoms with Gasteiger partial charge in [0.05, 0.1) is 6.04 Å². The smallest absolute Gasteiger partial charge is 0.109 e. The number of nitrogen functional groups attached to an aromatic ring is 1. The molecule has 1 unspecified atom stereocenters. The number of benzene rings is 1. The lowest BCUT2D eigenvalue weighted by atomic mass is 10.1. The van der Waals surface area contributed by atoms with Crippen LogP contribution < -0.4 is 11.2 Å². The molecule has 1 aromatic carbocycles. The van der Waals surface area contributed by atoms with E-state index in [4.69, 9.17) is 10.6 Å². The quantitative estimate of drug-likeness (QED) is 0.613. The van der Waals surface area contributed by atoms with Crippen LogP contribution in [0.2, 0.25) is 0 Å². The molecule has 1 aromatic rings. The van der Waals surface area contributed by atoms with Crippen molar-refractivity contribution in [2.75, 3.05) is 5.73 Å². The van der Waals surface area contributed by atoms with E-state index in [-0.39, 0.29) is 6.04 Å². The summed E-state index contributed by atoms with van der Waals surface area (Å²) >= 11 is 0. The lowest BCUT2D eigenvalue weighted by Gasteiger charge is -2.09. The largest absolute Gasteiger partial charge is 0.416 e. The molecule has 1 heterocycles. The van der Waals surface area contributed by atoms with E-state index < -0.39 is 0 Å². The molecular formula is C9H10N2O. The monoisotopic (exact) mass is 162 g/mol. The van der Waals surface area contributed by atoms with Crippen LogP contribution in [0.4, 0.5) is 5.69 Å². The number of rotatable bonds is 1. The van der Waals surface area contributed by atoms with Crippen LogP contribution in [0.5, 0.6) is 0 Å². The molecular weight excluding hydrogens is 152 g/mol. The lowest BCUT2D eigenvalue weighted by Crippen LogP contribution is -2.13. The van der Waals surface area contributed by atoms with Crippen molar-refractivity contribution in [3.05, 3.63) is 42.2 Å². The maximum Gasteiger partial charge on any atom is 0.109 e. The minimum atomic E-state index is 0.0891. The summed E-state index contributed by atoms with van der Waals surface area (Å²) in [5, 5.41) is 0. The second-order valence-electron chi connectivity index (χ2n) is 2.67. The van der Waals surface area contributed by atoms with Gasteiger partial charge in [0, 0.05) is 5.69 Å². The number of hydrogen-bond donors (Lipinski definition) is 2. The summed E-state index contributed by atoms with van der Waals surface area (Å²) in [7, 11) is 0. The maximum atomic E-state index is 5.77. The standard InChI is InChI=1S/C9H10N2O/c10-8-4-2-1-3-7(8)9-5-6-12-11-9/h1-6,9,11H,10H2. The molecule has 3 nitrogen and oxygen atoms in total. The molecule has 1 aliphatic heterocycles. The van der Waals surface area contributed by atoms with Crippen LogP contribution in [0.25, 0.3) is 0 Å². The Bertz CT molecular complexity index is 309. The second kappa shape index (κ2) is 2.87. The van der Waals surface area contributed by atoms with Crippen molar-refractivity contribution < 1.29 is 4.84 Å². The normalized spacial score (nSPS) is 20.8. The number of para-hydroxylation sites is 1. The van der Waals surface area contributed by atoms with E-state index in [1.54, 1.807) is 6.26 Å². The zero-order valence-electron chi connectivity index (χ0n) is 6.53. The Balaban J connectivity index is 2.33. The molecule has 0 saturated carbocycles. The van der Waals surface area contributed by atoms with Gasteiger partial charge in [0.25, 0.3) is 0 Å². The van der Waals surface area contributed by atoms with E-state index in [1.165, 1.54) is 0 Å². The van der Waals surface area contributed by atoms with E-state index in [9.17, 15) is 0 Å². The Morgan fingerprint density at radius 2 is 2.17 bits per heavy atom. The van der Waals surface area contributed by atoms with Gasteiger partial charge in [-0.25, -0.2) is 0 Å². The zero-order chi connectivity index (χ0) is 8.39. The molecule has 1 atom stereocenters. The van der Waals surface area contributed by atoms with Gasteiger partial charge in [-0.05, 0) is 17.7 Å². The van der Waals surface area contributed by atoms with Crippen molar-refractivity contribution >= 4 is 5.69 Å². The third kappa shape index (κ3) is 1.14. The third-order valence-corrected chi connectivity index (χ3v) is 1.87. The molecule has 0 aromatic heterocycles. The molecule has 0 radical (unpaired) electrons. The van der Waals surface area contributed by atoms with Gasteiger partial charge in [-0.15, -0.1) is 5.48 Å². The average molecular weight is 162 g/mol. The lowest BCUT2D eigenvalue weighted by molar-refractivity contribution is 0.142. The summed E-state index contributed by atoms with van der Waals surface area (Å²) in [6, 6.07) is 7.82. The Hall–Kier alpha value is -1.48. The van der Waals surface area contributed by atoms with Gasteiger partial charge in [0.1, 0.15) is 6.26 Å². The van der Waals surface area contributed by atoms with Gasteiger partial charge in [-0.3, -0.25) is 0 Å². The number of nitrogens with one attached hydrogen (secondary N) is 1. The van der Waals surface area contributed by atoms with Crippen LogP contribution in [-0.4, -0.2) is 0 Å². The van der Waals surface area contributed by atoms with Gasteiger partial charge in [-0.1, -0.05) is 18.2 Å². The van der Waals surface area contributed by atoms with Gasteiger partial charge in [0.2, 0.25) is 0 Å². The molecule has 0 bridgehead atoms. The van der Waals surface area contributed by atoms with Crippen LogP contribution in [0, 0.1) is 0 Å². The van der Waals surface area contributed by atoms with Crippen LogP contribution in [-0.2, 0) is 4.84 Å². The van der Waals surface area contributed by atoms with Gasteiger partial charge < -0.3 is 10.6 Å². The topological polar surface area (TPSA) is 47.3 Å². The van der Waals surface area contributed by atoms with Crippen molar-refractivity contribution in [1.29, 1.82) is 0 Å². The minimum Gasteiger partial charge on any atom is -0.416 e. The molecule has 0 aliphatic carbocycles. The molecule has 3 N–H and O–H groups in total. The number of hydroxylamine groups is 1. The molecule has 0 fully saturated rings. The molecule has 0 spiro atoms. The molecule has 62 valence electrons. The maximum absolute atomic E-state index is 5.77. The Labute approximate surface area is 70.8 Å². The van der Waals surface area contributed by atoms with Gasteiger partial charge in [-0.2, -0.15) is 0 Å². The van der Waals surface area contributed by atoms with E-state index in [0.717, 1.165) is 11.3 Å². The van der Waals surface area contributed by atoms with Gasteiger partial charge >= 0.3 is 0 Å². The fraction of sp³-hybridized carbons (Fsp3) is 0.111. The molecule has 0 saturated heterocycles. The summed E-state index contributed by atoms with van der Waals surface area (Å²) < 4.78 is 0. The molecule has 12 heavy (non-hydrogen) atoms. The fourth-order valence-electron chi connectivity index (χ4n) is 1.23. The van der Waals surface area contributed by atoms with Crippen LogP contribution >= 0.6 is 0 Å². The predicted molar refractivity (Wildman–Crippen MR) is 47.0 cm³/mol. The summed E-state index contributed by atoms with van der Waals surface area (Å²) in [6.07, 6.45) is 3.54. The highest BCUT2D eigenvalue weighted by Gasteiger charge is 2.13. The van der Waals surface area contributed by atoms with Crippen LogP contribution in [0.3, 0.4) is 0 Å². The summed E-state index contributed by atoms with van der Waals surface area (Å²) in [6.45, 7) is 0. The van der Waals surface area contributed by atoms with Crippen molar-refractivity contribution in [2.24, 2.45) is 0 Å². The first kappa shape index (κ1) is 7.18. The van der Waals surface area contributed by atoms with Crippen molar-refractivity contribution in [1.82, 2.24) is 5.48 Å². The van der Waals surface area contributed by atoms with E-state index in [0.29, 0.717) is 0 Å². The highest BCUT2D eigenvalue weighted by atomic mass is 16.6. The Kier molecular flexibility index (Phi) is 1.72. The van der Waals surface area contributed by atoms with E-state index in [1.807, 2.05) is 30.3 Å². The summed E-state index contributed by atoms with van der Waals surface area (Å²) in [5.41, 5.74) is 10.4.